The molecule has 0 aliphatic heterocycles. The maximum atomic E-state index is 13.3. The summed E-state index contributed by atoms with van der Waals surface area (Å²) >= 11 is 0. The molecule has 0 fully saturated rings. The van der Waals surface area contributed by atoms with Crippen LogP contribution in [0.15, 0.2) is 73.3 Å². The van der Waals surface area contributed by atoms with Gasteiger partial charge in [-0.3, -0.25) is 9.48 Å². The third kappa shape index (κ3) is 4.57. The molecule has 2 aromatic carbocycles. The van der Waals surface area contributed by atoms with Gasteiger partial charge in [-0.2, -0.15) is 5.10 Å². The zero-order chi connectivity index (χ0) is 22.8. The van der Waals surface area contributed by atoms with Crippen molar-refractivity contribution in [1.82, 2.24) is 24.7 Å². The van der Waals surface area contributed by atoms with E-state index in [2.05, 4.69) is 30.7 Å². The summed E-state index contributed by atoms with van der Waals surface area (Å²) < 4.78 is 15.0. The molecule has 5 aromatic rings. The minimum atomic E-state index is -0.392. The number of H-pyrrole nitrogens is 1. The van der Waals surface area contributed by atoms with Gasteiger partial charge in [0.05, 0.1) is 23.7 Å². The van der Waals surface area contributed by atoms with Crippen molar-refractivity contribution in [3.63, 3.8) is 0 Å². The molecule has 3 aromatic heterocycles. The Bertz CT molecular complexity index is 1440. The van der Waals surface area contributed by atoms with Gasteiger partial charge in [0, 0.05) is 30.2 Å². The molecule has 3 N–H and O–H groups in total. The van der Waals surface area contributed by atoms with Gasteiger partial charge < -0.3 is 15.6 Å². The molecule has 0 radical (unpaired) electrons. The van der Waals surface area contributed by atoms with Crippen LogP contribution in [0.5, 0.6) is 0 Å². The molecule has 3 heterocycles. The van der Waals surface area contributed by atoms with E-state index in [-0.39, 0.29) is 12.3 Å². The number of hydrogen-bond acceptors (Lipinski definition) is 5. The first-order chi connectivity index (χ1) is 16.0. The Labute approximate surface area is 188 Å². The van der Waals surface area contributed by atoms with E-state index in [9.17, 15) is 9.18 Å². The molecule has 0 atom stereocenters. The zero-order valence-electron chi connectivity index (χ0n) is 17.7. The lowest BCUT2D eigenvalue weighted by Gasteiger charge is -2.08. The van der Waals surface area contributed by atoms with E-state index in [0.717, 1.165) is 33.5 Å². The molecule has 8 nitrogen and oxygen atoms in total. The van der Waals surface area contributed by atoms with Crippen molar-refractivity contribution in [3.8, 4) is 11.3 Å². The van der Waals surface area contributed by atoms with Crippen molar-refractivity contribution in [3.05, 3.63) is 84.7 Å². The summed E-state index contributed by atoms with van der Waals surface area (Å²) in [4.78, 5) is 24.3. The topological polar surface area (TPSA) is 101 Å². The highest BCUT2D eigenvalue weighted by Crippen LogP contribution is 2.28. The summed E-state index contributed by atoms with van der Waals surface area (Å²) in [6.45, 7) is 0. The second-order valence-corrected chi connectivity index (χ2v) is 7.63. The number of hydrogen-bond donors (Lipinski definition) is 3. The molecule has 33 heavy (non-hydrogen) atoms. The van der Waals surface area contributed by atoms with E-state index >= 15 is 0 Å². The molecule has 0 saturated carbocycles. The Balaban J connectivity index is 1.29. The van der Waals surface area contributed by atoms with Gasteiger partial charge in [0.15, 0.2) is 0 Å². The smallest absolute Gasteiger partial charge is 0.228 e. The number of aryl methyl sites for hydroxylation is 1. The van der Waals surface area contributed by atoms with Crippen molar-refractivity contribution in [1.29, 1.82) is 0 Å². The fourth-order valence-electron chi connectivity index (χ4n) is 3.55. The third-order valence-corrected chi connectivity index (χ3v) is 5.13. The van der Waals surface area contributed by atoms with Crippen LogP contribution in [0, 0.1) is 5.82 Å². The number of amides is 1. The van der Waals surface area contributed by atoms with E-state index in [0.29, 0.717) is 11.5 Å². The average Bonchev–Trinajstić information content (AvgIpc) is 3.42. The van der Waals surface area contributed by atoms with E-state index in [1.54, 1.807) is 23.0 Å². The Morgan fingerprint density at radius 2 is 1.94 bits per heavy atom. The van der Waals surface area contributed by atoms with Crippen LogP contribution < -0.4 is 10.6 Å². The van der Waals surface area contributed by atoms with Gasteiger partial charge in [0.1, 0.15) is 23.6 Å². The summed E-state index contributed by atoms with van der Waals surface area (Å²) in [5.74, 6) is 0.0640. The normalized spacial score (nSPS) is 11.0. The molecule has 0 aliphatic carbocycles. The lowest BCUT2D eigenvalue weighted by Crippen LogP contribution is -2.14. The molecule has 1 amide bonds. The SMILES string of the molecule is Cn1cc(-c2cc3c(Nc4ccc(CC(=O)Nc5cccc(F)c5)cc4)ncnc3[nH]2)cn1. The first-order valence-corrected chi connectivity index (χ1v) is 10.3. The second-order valence-electron chi connectivity index (χ2n) is 7.63. The molecule has 5 rings (SSSR count). The number of fused-ring (bicyclic) bond motifs is 1. The largest absolute Gasteiger partial charge is 0.340 e. The number of nitrogens with one attached hydrogen (secondary N) is 3. The van der Waals surface area contributed by atoms with Crippen molar-refractivity contribution >= 4 is 34.1 Å². The number of carbonyl (C=O) groups is 1. The fourth-order valence-corrected chi connectivity index (χ4v) is 3.55. The average molecular weight is 441 g/mol. The molecular formula is C24H20FN7O. The van der Waals surface area contributed by atoms with Crippen LogP contribution in [-0.2, 0) is 18.3 Å². The van der Waals surface area contributed by atoms with Crippen molar-refractivity contribution in [2.24, 2.45) is 7.05 Å². The van der Waals surface area contributed by atoms with Crippen LogP contribution in [0.1, 0.15) is 5.56 Å². The Hall–Kier alpha value is -4.53. The highest BCUT2D eigenvalue weighted by atomic mass is 19.1. The first kappa shape index (κ1) is 20.4. The van der Waals surface area contributed by atoms with E-state index in [1.807, 2.05) is 43.6 Å². The standard InChI is InChI=1S/C24H20FN7O/c1-32-13-16(12-28-32)21-11-20-23(26-14-27-24(20)31-21)30-18-7-5-15(6-8-18)9-22(33)29-19-4-2-3-17(25)10-19/h2-8,10-14H,9H2,1H3,(H,29,33)(H2,26,27,30,31). The van der Waals surface area contributed by atoms with Crippen LogP contribution in [0.4, 0.5) is 21.6 Å². The number of halogens is 1. The lowest BCUT2D eigenvalue weighted by atomic mass is 10.1. The van der Waals surface area contributed by atoms with Crippen LogP contribution in [-0.4, -0.2) is 30.6 Å². The summed E-state index contributed by atoms with van der Waals surface area (Å²) in [5.41, 5.74) is 4.68. The summed E-state index contributed by atoms with van der Waals surface area (Å²) in [6.07, 6.45) is 5.39. The van der Waals surface area contributed by atoms with Crippen molar-refractivity contribution < 1.29 is 9.18 Å². The maximum absolute atomic E-state index is 13.3. The minimum absolute atomic E-state index is 0.181. The number of benzene rings is 2. The predicted molar refractivity (Wildman–Crippen MR) is 125 cm³/mol. The van der Waals surface area contributed by atoms with E-state index in [4.69, 9.17) is 0 Å². The lowest BCUT2D eigenvalue weighted by molar-refractivity contribution is -0.115. The molecule has 0 bridgehead atoms. The van der Waals surface area contributed by atoms with E-state index < -0.39 is 5.82 Å². The van der Waals surface area contributed by atoms with Crippen molar-refractivity contribution in [2.45, 2.75) is 6.42 Å². The van der Waals surface area contributed by atoms with Crippen molar-refractivity contribution in [2.75, 3.05) is 10.6 Å². The number of aromatic amines is 1. The van der Waals surface area contributed by atoms with E-state index in [1.165, 1.54) is 18.5 Å². The predicted octanol–water partition coefficient (Wildman–Crippen LogP) is 4.42. The monoisotopic (exact) mass is 441 g/mol. The molecular weight excluding hydrogens is 421 g/mol. The molecule has 164 valence electrons. The van der Waals surface area contributed by atoms with Gasteiger partial charge in [0.2, 0.25) is 5.91 Å². The molecule has 0 saturated heterocycles. The number of rotatable bonds is 6. The summed E-state index contributed by atoms with van der Waals surface area (Å²) in [6, 6.07) is 15.3. The van der Waals surface area contributed by atoms with Gasteiger partial charge in [-0.1, -0.05) is 18.2 Å². The highest BCUT2D eigenvalue weighted by Gasteiger charge is 2.11. The Morgan fingerprint density at radius 3 is 2.70 bits per heavy atom. The van der Waals surface area contributed by atoms with Crippen LogP contribution in [0.3, 0.4) is 0 Å². The summed E-state index contributed by atoms with van der Waals surface area (Å²) in [7, 11) is 1.87. The quantitative estimate of drug-likeness (QED) is 0.362. The third-order valence-electron chi connectivity index (χ3n) is 5.13. The maximum Gasteiger partial charge on any atom is 0.228 e. The fraction of sp³-hybridized carbons (Fsp3) is 0.0833. The van der Waals surface area contributed by atoms with Gasteiger partial charge in [-0.05, 0) is 42.0 Å². The molecule has 0 aliphatic rings. The first-order valence-electron chi connectivity index (χ1n) is 10.3. The van der Waals surface area contributed by atoms with Crippen LogP contribution in [0.25, 0.3) is 22.3 Å². The van der Waals surface area contributed by atoms with Gasteiger partial charge >= 0.3 is 0 Å². The zero-order valence-corrected chi connectivity index (χ0v) is 17.7. The van der Waals surface area contributed by atoms with Gasteiger partial charge in [-0.25, -0.2) is 14.4 Å². The number of aromatic nitrogens is 5. The van der Waals surface area contributed by atoms with Gasteiger partial charge in [0.25, 0.3) is 0 Å². The number of nitrogens with zero attached hydrogens (tertiary/aromatic N) is 4. The number of carbonyl (C=O) groups excluding carboxylic acids is 1. The van der Waals surface area contributed by atoms with Gasteiger partial charge in [-0.15, -0.1) is 0 Å². The van der Waals surface area contributed by atoms with Crippen LogP contribution >= 0.6 is 0 Å². The number of anilines is 3. The Morgan fingerprint density at radius 1 is 1.09 bits per heavy atom. The molecule has 0 unspecified atom stereocenters. The Kier molecular flexibility index (Phi) is 5.27. The summed E-state index contributed by atoms with van der Waals surface area (Å²) in [5, 5.41) is 11.1. The minimum Gasteiger partial charge on any atom is -0.340 e. The highest BCUT2D eigenvalue weighted by molar-refractivity contribution is 5.93. The molecule has 0 spiro atoms. The van der Waals surface area contributed by atoms with Crippen LogP contribution in [0.2, 0.25) is 0 Å². The molecule has 9 heteroatoms. The second kappa shape index (κ2) is 8.54.